The Kier molecular flexibility index (Phi) is 6.36. The SMILES string of the molecule is CCCCC(=O)O.O=C1CCC(=O)O1. The lowest BCUT2D eigenvalue weighted by atomic mass is 10.3. The number of unbranched alkanes of at least 4 members (excludes halogenated alkanes) is 1. The molecule has 0 aromatic rings. The normalized spacial score (nSPS) is 14.4. The van der Waals surface area contributed by atoms with E-state index in [0.717, 1.165) is 12.8 Å². The van der Waals surface area contributed by atoms with E-state index in [0.29, 0.717) is 6.42 Å². The number of aliphatic carboxylic acids is 1. The maximum atomic E-state index is 10.0. The van der Waals surface area contributed by atoms with Crippen LogP contribution in [0.5, 0.6) is 0 Å². The first-order valence-corrected chi connectivity index (χ1v) is 4.51. The number of carbonyl (C=O) groups is 3. The molecule has 5 heteroatoms. The fourth-order valence-electron chi connectivity index (χ4n) is 0.761. The fraction of sp³-hybridized carbons (Fsp3) is 0.667. The molecule has 1 fully saturated rings. The van der Waals surface area contributed by atoms with E-state index in [1.807, 2.05) is 6.92 Å². The van der Waals surface area contributed by atoms with Crippen molar-refractivity contribution in [3.05, 3.63) is 0 Å². The van der Waals surface area contributed by atoms with Crippen LogP contribution in [0.2, 0.25) is 0 Å². The van der Waals surface area contributed by atoms with Gasteiger partial charge in [-0.1, -0.05) is 13.3 Å². The maximum absolute atomic E-state index is 10.0. The van der Waals surface area contributed by atoms with Crippen molar-refractivity contribution in [3.63, 3.8) is 0 Å². The third-order valence-corrected chi connectivity index (χ3v) is 1.51. The zero-order chi connectivity index (χ0) is 11.0. The summed E-state index contributed by atoms with van der Waals surface area (Å²) in [6, 6.07) is 0. The molecule has 1 aliphatic heterocycles. The van der Waals surface area contributed by atoms with Crippen LogP contribution in [0.3, 0.4) is 0 Å². The second-order valence-corrected chi connectivity index (χ2v) is 2.84. The second kappa shape index (κ2) is 7.06. The van der Waals surface area contributed by atoms with Crippen LogP contribution in [0.15, 0.2) is 0 Å². The van der Waals surface area contributed by atoms with Gasteiger partial charge in [-0.3, -0.25) is 14.4 Å². The molecule has 5 nitrogen and oxygen atoms in total. The summed E-state index contributed by atoms with van der Waals surface area (Å²) >= 11 is 0. The molecule has 1 saturated heterocycles. The van der Waals surface area contributed by atoms with Gasteiger partial charge in [-0.05, 0) is 6.42 Å². The smallest absolute Gasteiger partial charge is 0.314 e. The molecule has 0 aliphatic carbocycles. The highest BCUT2D eigenvalue weighted by atomic mass is 16.6. The average molecular weight is 202 g/mol. The van der Waals surface area contributed by atoms with Crippen LogP contribution in [0.1, 0.15) is 39.0 Å². The first-order chi connectivity index (χ1) is 6.56. The number of hydrogen-bond acceptors (Lipinski definition) is 4. The van der Waals surface area contributed by atoms with Crippen molar-refractivity contribution in [2.45, 2.75) is 39.0 Å². The Balaban J connectivity index is 0.000000241. The van der Waals surface area contributed by atoms with E-state index in [1.54, 1.807) is 0 Å². The first-order valence-electron chi connectivity index (χ1n) is 4.51. The molecule has 0 radical (unpaired) electrons. The lowest BCUT2D eigenvalue weighted by Crippen LogP contribution is -1.94. The van der Waals surface area contributed by atoms with E-state index in [9.17, 15) is 14.4 Å². The Morgan fingerprint density at radius 2 is 1.86 bits per heavy atom. The first kappa shape index (κ1) is 12.6. The van der Waals surface area contributed by atoms with Gasteiger partial charge in [-0.15, -0.1) is 0 Å². The van der Waals surface area contributed by atoms with Crippen molar-refractivity contribution in [1.29, 1.82) is 0 Å². The van der Waals surface area contributed by atoms with E-state index in [-0.39, 0.29) is 12.8 Å². The highest BCUT2D eigenvalue weighted by Gasteiger charge is 2.19. The van der Waals surface area contributed by atoms with Crippen molar-refractivity contribution in [2.75, 3.05) is 0 Å². The number of esters is 2. The summed E-state index contributed by atoms with van der Waals surface area (Å²) in [4.78, 5) is 29.8. The molecule has 0 spiro atoms. The minimum atomic E-state index is -0.693. The zero-order valence-electron chi connectivity index (χ0n) is 8.12. The minimum absolute atomic E-state index is 0.263. The Labute approximate surface area is 82.1 Å². The molecule has 1 heterocycles. The van der Waals surface area contributed by atoms with Gasteiger partial charge in [0, 0.05) is 6.42 Å². The number of rotatable bonds is 3. The molecule has 80 valence electrons. The molecule has 14 heavy (non-hydrogen) atoms. The largest absolute Gasteiger partial charge is 0.481 e. The van der Waals surface area contributed by atoms with Gasteiger partial charge in [0.2, 0.25) is 0 Å². The standard InChI is InChI=1S/C5H10O2.C4H4O3/c1-2-3-4-5(6)7;5-3-1-2-4(6)7-3/h2-4H2,1H3,(H,6,7);1-2H2. The van der Waals surface area contributed by atoms with Gasteiger partial charge in [0.05, 0.1) is 12.8 Å². The van der Waals surface area contributed by atoms with Crippen LogP contribution in [0, 0.1) is 0 Å². The van der Waals surface area contributed by atoms with E-state index in [2.05, 4.69) is 4.74 Å². The Bertz CT molecular complexity index is 207. The van der Waals surface area contributed by atoms with Crippen LogP contribution in [0.25, 0.3) is 0 Å². The number of carboxylic acids is 1. The topological polar surface area (TPSA) is 80.7 Å². The summed E-state index contributed by atoms with van der Waals surface area (Å²) < 4.78 is 4.08. The molecule has 1 aliphatic rings. The van der Waals surface area contributed by atoms with Crippen molar-refractivity contribution in [2.24, 2.45) is 0 Å². The summed E-state index contributed by atoms with van der Waals surface area (Å²) in [5.41, 5.74) is 0. The second-order valence-electron chi connectivity index (χ2n) is 2.84. The van der Waals surface area contributed by atoms with E-state index in [1.165, 1.54) is 0 Å². The van der Waals surface area contributed by atoms with Crippen LogP contribution < -0.4 is 0 Å². The lowest BCUT2D eigenvalue weighted by molar-refractivity contribution is -0.152. The number of carbonyl (C=O) groups excluding carboxylic acids is 2. The van der Waals surface area contributed by atoms with Gasteiger partial charge < -0.3 is 9.84 Å². The fourth-order valence-corrected chi connectivity index (χ4v) is 0.761. The minimum Gasteiger partial charge on any atom is -0.481 e. The number of hydrogen-bond donors (Lipinski definition) is 1. The van der Waals surface area contributed by atoms with Crippen molar-refractivity contribution >= 4 is 17.9 Å². The van der Waals surface area contributed by atoms with Crippen LogP contribution in [-0.2, 0) is 19.1 Å². The van der Waals surface area contributed by atoms with Gasteiger partial charge in [0.15, 0.2) is 0 Å². The summed E-state index contributed by atoms with van der Waals surface area (Å²) in [5.74, 6) is -1.49. The molecule has 0 atom stereocenters. The third kappa shape index (κ3) is 7.27. The predicted octanol–water partition coefficient (Wildman–Crippen LogP) is 1.11. The van der Waals surface area contributed by atoms with E-state index in [4.69, 9.17) is 5.11 Å². The van der Waals surface area contributed by atoms with Gasteiger partial charge in [-0.25, -0.2) is 0 Å². The molecule has 0 amide bonds. The molecule has 0 unspecified atom stereocenters. The Morgan fingerprint density at radius 1 is 1.36 bits per heavy atom. The average Bonchev–Trinajstić information content (AvgIpc) is 2.47. The molecule has 0 aromatic carbocycles. The third-order valence-electron chi connectivity index (χ3n) is 1.51. The van der Waals surface area contributed by atoms with Gasteiger partial charge >= 0.3 is 17.9 Å². The predicted molar refractivity (Wildman–Crippen MR) is 47.5 cm³/mol. The maximum Gasteiger partial charge on any atom is 0.314 e. The molecule has 0 saturated carbocycles. The Hall–Kier alpha value is -1.39. The monoisotopic (exact) mass is 202 g/mol. The quantitative estimate of drug-likeness (QED) is 0.547. The van der Waals surface area contributed by atoms with Crippen LogP contribution in [0.4, 0.5) is 0 Å². The molecule has 1 rings (SSSR count). The van der Waals surface area contributed by atoms with Gasteiger partial charge in [-0.2, -0.15) is 0 Å². The van der Waals surface area contributed by atoms with E-state index >= 15 is 0 Å². The van der Waals surface area contributed by atoms with Crippen molar-refractivity contribution in [1.82, 2.24) is 0 Å². The molecule has 1 N–H and O–H groups in total. The number of ether oxygens (including phenoxy) is 1. The molecular weight excluding hydrogens is 188 g/mol. The highest BCUT2D eigenvalue weighted by molar-refractivity contribution is 5.92. The molecule has 0 bridgehead atoms. The number of cyclic esters (lactones) is 2. The number of carboxylic acid groups (broad SMARTS) is 1. The summed E-state index contributed by atoms with van der Waals surface area (Å²) in [7, 11) is 0. The van der Waals surface area contributed by atoms with E-state index < -0.39 is 17.9 Å². The zero-order valence-corrected chi connectivity index (χ0v) is 8.12. The summed E-state index contributed by atoms with van der Waals surface area (Å²) in [6.45, 7) is 1.98. The van der Waals surface area contributed by atoms with Crippen molar-refractivity contribution < 1.29 is 24.2 Å². The lowest BCUT2D eigenvalue weighted by Gasteiger charge is -1.85. The van der Waals surface area contributed by atoms with Gasteiger partial charge in [0.1, 0.15) is 0 Å². The summed E-state index contributed by atoms with van der Waals surface area (Å²) in [5, 5.41) is 8.04. The van der Waals surface area contributed by atoms with Crippen molar-refractivity contribution in [3.8, 4) is 0 Å². The Morgan fingerprint density at radius 3 is 2.00 bits per heavy atom. The summed E-state index contributed by atoms with van der Waals surface area (Å²) in [6.07, 6.45) is 2.61. The molecular formula is C9H14O5. The van der Waals surface area contributed by atoms with Crippen LogP contribution >= 0.6 is 0 Å². The van der Waals surface area contributed by atoms with Gasteiger partial charge in [0.25, 0.3) is 0 Å². The highest BCUT2D eigenvalue weighted by Crippen LogP contribution is 2.03. The van der Waals surface area contributed by atoms with Crippen LogP contribution in [-0.4, -0.2) is 23.0 Å². The molecule has 0 aromatic heterocycles.